The van der Waals surface area contributed by atoms with Crippen molar-refractivity contribution in [2.24, 2.45) is 0 Å². The first kappa shape index (κ1) is 24.3. The number of hydrogen-bond acceptors (Lipinski definition) is 10. The van der Waals surface area contributed by atoms with Crippen LogP contribution in [0, 0.1) is 0 Å². The van der Waals surface area contributed by atoms with Crippen molar-refractivity contribution in [3.8, 4) is 28.6 Å². The van der Waals surface area contributed by atoms with Gasteiger partial charge in [-0.25, -0.2) is 4.98 Å². The molecule has 0 spiro atoms. The van der Waals surface area contributed by atoms with Crippen LogP contribution in [-0.4, -0.2) is 51.3 Å². The molecule has 3 aromatic heterocycles. The standard InChI is InChI=1S/C22H23ClN6O3S2/c1-13(19(32-4)21-25-12-17(23)33-21)34-28-22-27-26-20(14-7-6-10-24-11-14)29(22)18-15(30-2)8-5-9-16(18)31-3/h5-13,19H,1-4H3,(H,27,28). The minimum Gasteiger partial charge on any atom is -0.494 e. The van der Waals surface area contributed by atoms with Gasteiger partial charge in [0.05, 0.1) is 25.7 Å². The van der Waals surface area contributed by atoms with Gasteiger partial charge in [0, 0.05) is 25.1 Å². The molecule has 0 aliphatic heterocycles. The first-order valence-electron chi connectivity index (χ1n) is 10.2. The quantitative estimate of drug-likeness (QED) is 0.281. The van der Waals surface area contributed by atoms with Gasteiger partial charge >= 0.3 is 0 Å². The van der Waals surface area contributed by atoms with Crippen LogP contribution in [0.2, 0.25) is 4.34 Å². The van der Waals surface area contributed by atoms with Crippen molar-refractivity contribution in [2.75, 3.05) is 26.1 Å². The molecule has 0 radical (unpaired) electrons. The molecule has 0 aliphatic carbocycles. The number of anilines is 1. The van der Waals surface area contributed by atoms with Gasteiger partial charge in [-0.05, 0) is 43.1 Å². The van der Waals surface area contributed by atoms with Crippen molar-refractivity contribution in [1.82, 2.24) is 24.7 Å². The van der Waals surface area contributed by atoms with Crippen molar-refractivity contribution in [3.63, 3.8) is 0 Å². The van der Waals surface area contributed by atoms with Gasteiger partial charge in [-0.3, -0.25) is 14.3 Å². The second-order valence-corrected chi connectivity index (χ2v) is 9.90. The van der Waals surface area contributed by atoms with Crippen LogP contribution in [0.15, 0.2) is 48.9 Å². The lowest BCUT2D eigenvalue weighted by atomic mass is 10.2. The normalized spacial score (nSPS) is 12.9. The number of nitrogens with one attached hydrogen (secondary N) is 1. The summed E-state index contributed by atoms with van der Waals surface area (Å²) in [6, 6.07) is 9.35. The molecule has 9 nitrogen and oxygen atoms in total. The van der Waals surface area contributed by atoms with Gasteiger partial charge in [-0.2, -0.15) is 0 Å². The van der Waals surface area contributed by atoms with Gasteiger partial charge in [0.25, 0.3) is 0 Å². The van der Waals surface area contributed by atoms with E-state index in [9.17, 15) is 0 Å². The summed E-state index contributed by atoms with van der Waals surface area (Å²) in [5, 5.41) is 9.64. The van der Waals surface area contributed by atoms with Crippen LogP contribution in [0.4, 0.5) is 5.95 Å². The summed E-state index contributed by atoms with van der Waals surface area (Å²) in [6.45, 7) is 2.04. The largest absolute Gasteiger partial charge is 0.494 e. The Morgan fingerprint density at radius 3 is 2.41 bits per heavy atom. The number of benzene rings is 1. The van der Waals surface area contributed by atoms with Gasteiger partial charge in [-0.1, -0.05) is 17.7 Å². The number of thiazole rings is 1. The van der Waals surface area contributed by atoms with E-state index in [1.54, 1.807) is 39.9 Å². The smallest absolute Gasteiger partial charge is 0.239 e. The fraction of sp³-hybridized carbons (Fsp3) is 0.273. The second-order valence-electron chi connectivity index (χ2n) is 7.02. The lowest BCUT2D eigenvalue weighted by Crippen LogP contribution is -2.16. The average molecular weight is 519 g/mol. The summed E-state index contributed by atoms with van der Waals surface area (Å²) in [5.41, 5.74) is 1.46. The molecule has 0 aliphatic rings. The third-order valence-corrected chi connectivity index (χ3v) is 7.06. The first-order valence-corrected chi connectivity index (χ1v) is 12.3. The van der Waals surface area contributed by atoms with Crippen LogP contribution < -0.4 is 14.2 Å². The zero-order valence-electron chi connectivity index (χ0n) is 18.9. The summed E-state index contributed by atoms with van der Waals surface area (Å²) >= 11 is 8.91. The van der Waals surface area contributed by atoms with Gasteiger partial charge < -0.3 is 14.2 Å². The maximum atomic E-state index is 6.07. The van der Waals surface area contributed by atoms with E-state index < -0.39 is 0 Å². The molecule has 0 saturated carbocycles. The lowest BCUT2D eigenvalue weighted by Gasteiger charge is -2.21. The average Bonchev–Trinajstić information content (AvgIpc) is 3.49. The molecule has 3 heterocycles. The monoisotopic (exact) mass is 518 g/mol. The maximum absolute atomic E-state index is 6.07. The van der Waals surface area contributed by atoms with Crippen molar-refractivity contribution in [2.45, 2.75) is 18.3 Å². The van der Waals surface area contributed by atoms with E-state index in [0.29, 0.717) is 33.3 Å². The van der Waals surface area contributed by atoms with Gasteiger partial charge in [0.1, 0.15) is 32.6 Å². The number of methoxy groups -OCH3 is 3. The molecule has 4 rings (SSSR count). The van der Waals surface area contributed by atoms with Crippen LogP contribution in [0.25, 0.3) is 17.1 Å². The molecule has 2 unspecified atom stereocenters. The van der Waals surface area contributed by atoms with E-state index in [1.807, 2.05) is 41.8 Å². The number of hydrogen-bond donors (Lipinski definition) is 1. The highest BCUT2D eigenvalue weighted by Crippen LogP contribution is 2.39. The first-order chi connectivity index (χ1) is 16.6. The van der Waals surface area contributed by atoms with Gasteiger partial charge in [0.15, 0.2) is 5.82 Å². The highest BCUT2D eigenvalue weighted by atomic mass is 35.5. The molecular formula is C22H23ClN6O3S2. The number of rotatable bonds is 10. The summed E-state index contributed by atoms with van der Waals surface area (Å²) < 4.78 is 22.8. The molecule has 0 saturated heterocycles. The number of pyridine rings is 1. The third kappa shape index (κ3) is 4.97. The Kier molecular flexibility index (Phi) is 7.88. The van der Waals surface area contributed by atoms with Crippen LogP contribution in [0.1, 0.15) is 18.0 Å². The highest BCUT2D eigenvalue weighted by molar-refractivity contribution is 8.01. The molecule has 4 aromatic rings. The van der Waals surface area contributed by atoms with E-state index in [-0.39, 0.29) is 11.4 Å². The fourth-order valence-electron chi connectivity index (χ4n) is 3.40. The van der Waals surface area contributed by atoms with E-state index in [1.165, 1.54) is 23.3 Å². The third-order valence-electron chi connectivity index (χ3n) is 4.96. The Morgan fingerprint density at radius 1 is 1.06 bits per heavy atom. The van der Waals surface area contributed by atoms with Gasteiger partial charge in [0.2, 0.25) is 5.95 Å². The summed E-state index contributed by atoms with van der Waals surface area (Å²) in [5.74, 6) is 2.29. The predicted molar refractivity (Wildman–Crippen MR) is 135 cm³/mol. The number of ether oxygens (including phenoxy) is 3. The molecule has 1 aromatic carbocycles. The molecule has 2 atom stereocenters. The predicted octanol–water partition coefficient (Wildman–Crippen LogP) is 5.29. The lowest BCUT2D eigenvalue weighted by molar-refractivity contribution is 0.104. The fourth-order valence-corrected chi connectivity index (χ4v) is 5.38. The van der Waals surface area contributed by atoms with Crippen LogP contribution >= 0.6 is 34.9 Å². The van der Waals surface area contributed by atoms with E-state index in [2.05, 4.69) is 24.9 Å². The second kappa shape index (κ2) is 11.0. The Balaban J connectivity index is 1.72. The molecular weight excluding hydrogens is 496 g/mol. The van der Waals surface area contributed by atoms with E-state index in [4.69, 9.17) is 25.8 Å². The Bertz CT molecular complexity index is 1210. The molecule has 1 N–H and O–H groups in total. The van der Waals surface area contributed by atoms with Gasteiger partial charge in [-0.15, -0.1) is 21.5 Å². The Morgan fingerprint density at radius 2 is 1.82 bits per heavy atom. The van der Waals surface area contributed by atoms with Crippen LogP contribution in [0.5, 0.6) is 11.5 Å². The minimum absolute atomic E-state index is 0.0289. The summed E-state index contributed by atoms with van der Waals surface area (Å²) in [7, 11) is 4.87. The number of aromatic nitrogens is 5. The van der Waals surface area contributed by atoms with E-state index in [0.717, 1.165) is 10.6 Å². The number of halogens is 1. The SMILES string of the molecule is COc1cccc(OC)c1-n1c(NSC(C)C(OC)c2ncc(Cl)s2)nnc1-c1cccnc1. The minimum atomic E-state index is -0.259. The number of nitrogens with zero attached hydrogens (tertiary/aromatic N) is 5. The summed E-state index contributed by atoms with van der Waals surface area (Å²) in [4.78, 5) is 8.60. The maximum Gasteiger partial charge on any atom is 0.239 e. The molecule has 0 fully saturated rings. The van der Waals surface area contributed by atoms with Crippen molar-refractivity contribution in [1.29, 1.82) is 0 Å². The molecule has 0 bridgehead atoms. The molecule has 12 heteroatoms. The van der Waals surface area contributed by atoms with Crippen LogP contribution in [0.3, 0.4) is 0 Å². The van der Waals surface area contributed by atoms with Crippen molar-refractivity contribution < 1.29 is 14.2 Å². The molecule has 34 heavy (non-hydrogen) atoms. The topological polar surface area (TPSA) is 96.2 Å². The van der Waals surface area contributed by atoms with Crippen LogP contribution in [-0.2, 0) is 4.74 Å². The van der Waals surface area contributed by atoms with Crippen molar-refractivity contribution >= 4 is 40.8 Å². The Hall–Kier alpha value is -2.86. The highest BCUT2D eigenvalue weighted by Gasteiger charge is 2.26. The molecule has 178 valence electrons. The van der Waals surface area contributed by atoms with E-state index >= 15 is 0 Å². The zero-order valence-corrected chi connectivity index (χ0v) is 21.3. The number of para-hydroxylation sites is 1. The zero-order chi connectivity index (χ0) is 24.1. The summed E-state index contributed by atoms with van der Waals surface area (Å²) in [6.07, 6.45) is 4.81. The Labute approximate surface area is 210 Å². The van der Waals surface area contributed by atoms with Crippen molar-refractivity contribution in [3.05, 3.63) is 58.3 Å². The molecule has 0 amide bonds.